The number of anilines is 1. The molecule has 3 aliphatic rings. The lowest BCUT2D eigenvalue weighted by atomic mass is 9.79. The number of carboxylic acid groups (broad SMARTS) is 2. The van der Waals surface area contributed by atoms with Crippen molar-refractivity contribution in [2.45, 2.75) is 109 Å². The van der Waals surface area contributed by atoms with Crippen molar-refractivity contribution < 1.29 is 63.1 Å². The van der Waals surface area contributed by atoms with Crippen LogP contribution in [0.5, 0.6) is 0 Å². The first-order chi connectivity index (χ1) is 44.2. The molecule has 11 rings (SSSR count). The number of rotatable bonds is 13. The molecule has 8 N–H and O–H groups in total. The molecule has 0 saturated heterocycles. The molecule has 6 amide bonds. The van der Waals surface area contributed by atoms with Gasteiger partial charge in [-0.25, -0.2) is 39.7 Å². The largest absolute Gasteiger partial charge is 0.481 e. The zero-order valence-corrected chi connectivity index (χ0v) is 54.8. The minimum Gasteiger partial charge on any atom is -0.481 e. The molecule has 8 heterocycles. The number of aliphatic hydroxyl groups excluding tert-OH is 1. The van der Waals surface area contributed by atoms with Crippen LogP contribution >= 0.6 is 68.0 Å². The number of nitrogens with zero attached hydrogens (tertiary/aromatic N) is 8. The molecule has 1 aliphatic heterocycles. The average Bonchev–Trinajstić information content (AvgIpc) is 1.67. The Balaban J connectivity index is 0.974. The van der Waals surface area contributed by atoms with Crippen LogP contribution < -0.4 is 31.5 Å². The first kappa shape index (κ1) is 65.1. The molecule has 92 heavy (non-hydrogen) atoms. The molecule has 7 aromatic heterocycles. The van der Waals surface area contributed by atoms with Gasteiger partial charge >= 0.3 is 18.0 Å². The predicted molar refractivity (Wildman–Crippen MR) is 343 cm³/mol. The third-order valence-electron chi connectivity index (χ3n) is 15.8. The van der Waals surface area contributed by atoms with E-state index in [1.54, 1.807) is 70.9 Å². The maximum absolute atomic E-state index is 14.4. The number of hydrogen-bond donors (Lipinski definition) is 8. The number of methoxy groups -OCH3 is 1. The molecule has 0 spiro atoms. The lowest BCUT2D eigenvalue weighted by molar-refractivity contribution is -0.145. The van der Waals surface area contributed by atoms with Gasteiger partial charge in [-0.1, -0.05) is 44.2 Å². The predicted octanol–water partition coefficient (Wildman–Crippen LogP) is 8.76. The number of aliphatic carboxylic acids is 2. The SMILES string of the molecule is CNC(=O)C[C@@H]1NC(=O)c2csc(n2)-c2ccc(-c3nc(N(C(=O)O[C@H]4CC[C@H](C(=O)O)CC4)C4CC(C(=O)O)C4)cs3)nc2-c2csc(n2)-c2csc(n2)[C@H]([C@@H](O)c2ccccc2)NC(=O)CNC(=O)c2nc(sc2COC)C(C(C)C)NC(=O)c2nc1sc2C. The van der Waals surface area contributed by atoms with Gasteiger partial charge in [0.2, 0.25) is 11.8 Å². The number of aromatic nitrogens is 7. The van der Waals surface area contributed by atoms with Crippen LogP contribution in [-0.4, -0.2) is 131 Å². The van der Waals surface area contributed by atoms with E-state index < -0.39 is 102 Å². The smallest absolute Gasteiger partial charge is 0.416 e. The van der Waals surface area contributed by atoms with Crippen molar-refractivity contribution in [2.75, 3.05) is 25.6 Å². The second-order valence-electron chi connectivity index (χ2n) is 22.4. The van der Waals surface area contributed by atoms with Crippen LogP contribution in [0, 0.1) is 24.7 Å². The fraction of sp³-hybridized carbons (Fsp3) is 0.383. The summed E-state index contributed by atoms with van der Waals surface area (Å²) in [4.78, 5) is 144. The molecule has 0 radical (unpaired) electrons. The quantitative estimate of drug-likeness (QED) is 0.0534. The van der Waals surface area contributed by atoms with Crippen molar-refractivity contribution in [3.05, 3.63) is 111 Å². The highest BCUT2D eigenvalue weighted by Crippen LogP contribution is 2.42. The fourth-order valence-electron chi connectivity index (χ4n) is 10.7. The number of thiazole rings is 6. The summed E-state index contributed by atoms with van der Waals surface area (Å²) in [7, 11) is 2.92. The Morgan fingerprint density at radius 3 is 2.08 bits per heavy atom. The van der Waals surface area contributed by atoms with Gasteiger partial charge < -0.3 is 51.4 Å². The number of ether oxygens (including phenoxy) is 2. The standard InChI is InChI=1S/C60H61N13O13S6/c1-26(2)43-57-72-46(39(92-57)21-85-5)50(78)62-20-42(75)69-47(48(76)28-9-7-6-8-10-28)56-67-38(24-89-56)54-65-36(22-88-54)45-33(52-66-37(23-87-52)49(77)64-35(19-41(74)61-4)55-71-44(27(3)91-55)51(79)70-43)15-16-34(63-45)53-68-40(25-90-53)73(31-17-30(18-31)59(82)83)60(84)86-32-13-11-29(12-14-32)58(80)81/h6-10,15-16,22-26,29-32,35,43,47-48,76H,11-14,17-21H2,1-5H3,(H,61,74)(H,62,78)(H,64,77)(H,69,75)(H,70,79)(H,80,81)(H,82,83)/t29-,30?,31?,32-,35-,43?,47-,48-/m0/s1. The maximum Gasteiger partial charge on any atom is 0.416 e. The minimum atomic E-state index is -1.31. The van der Waals surface area contributed by atoms with Crippen LogP contribution in [0.2, 0.25) is 0 Å². The van der Waals surface area contributed by atoms with Crippen LogP contribution in [-0.2, 0) is 35.3 Å². The van der Waals surface area contributed by atoms with Crippen LogP contribution in [0.25, 0.3) is 43.4 Å². The molecule has 2 fully saturated rings. The first-order valence-corrected chi connectivity index (χ1v) is 34.3. The van der Waals surface area contributed by atoms with Gasteiger partial charge in [0.05, 0.1) is 54.1 Å². The third kappa shape index (κ3) is 14.3. The Bertz CT molecular complexity index is 4090. The Kier molecular flexibility index (Phi) is 20.0. The molecule has 2 saturated carbocycles. The molecule has 2 aliphatic carbocycles. The molecular weight excluding hydrogens is 1300 g/mol. The summed E-state index contributed by atoms with van der Waals surface area (Å²) >= 11 is 6.99. The van der Waals surface area contributed by atoms with Gasteiger partial charge in [0.25, 0.3) is 17.7 Å². The summed E-state index contributed by atoms with van der Waals surface area (Å²) in [6.45, 7) is 4.89. The van der Waals surface area contributed by atoms with E-state index in [1.165, 1.54) is 41.7 Å². The number of nitrogens with one attached hydrogen (secondary N) is 5. The first-order valence-electron chi connectivity index (χ1n) is 29.1. The van der Waals surface area contributed by atoms with Crippen molar-refractivity contribution in [1.29, 1.82) is 0 Å². The topological polar surface area (TPSA) is 369 Å². The maximum atomic E-state index is 14.4. The number of carboxylic acids is 2. The van der Waals surface area contributed by atoms with E-state index in [-0.39, 0.29) is 59.7 Å². The number of amides is 6. The number of pyridine rings is 1. The monoisotopic (exact) mass is 1360 g/mol. The Morgan fingerprint density at radius 2 is 1.36 bits per heavy atom. The van der Waals surface area contributed by atoms with E-state index in [0.717, 1.165) is 45.3 Å². The van der Waals surface area contributed by atoms with Crippen LogP contribution in [0.3, 0.4) is 0 Å². The van der Waals surface area contributed by atoms with Gasteiger partial charge in [-0.2, -0.15) is 0 Å². The zero-order chi connectivity index (χ0) is 65.1. The molecule has 26 nitrogen and oxygen atoms in total. The second-order valence-corrected chi connectivity index (χ2v) is 28.2. The van der Waals surface area contributed by atoms with Gasteiger partial charge in [0, 0.05) is 52.2 Å². The van der Waals surface area contributed by atoms with Gasteiger partial charge in [-0.05, 0) is 69.1 Å². The highest BCUT2D eigenvalue weighted by molar-refractivity contribution is 7.15. The van der Waals surface area contributed by atoms with E-state index in [1.807, 2.05) is 13.8 Å². The Morgan fingerprint density at radius 1 is 0.674 bits per heavy atom. The van der Waals surface area contributed by atoms with Gasteiger partial charge in [-0.15, -0.1) is 68.0 Å². The van der Waals surface area contributed by atoms with Crippen molar-refractivity contribution in [1.82, 2.24) is 61.5 Å². The molecule has 1 aromatic carbocycles. The zero-order valence-electron chi connectivity index (χ0n) is 49.9. The van der Waals surface area contributed by atoms with Crippen molar-refractivity contribution in [3.8, 4) is 43.4 Å². The number of carbonyl (C=O) groups is 8. The van der Waals surface area contributed by atoms with E-state index in [4.69, 9.17) is 44.4 Å². The summed E-state index contributed by atoms with van der Waals surface area (Å²) in [6.07, 6.45) is -1.13. The van der Waals surface area contributed by atoms with Gasteiger partial charge in [-0.3, -0.25) is 38.5 Å². The van der Waals surface area contributed by atoms with Crippen LogP contribution in [0.1, 0.15) is 145 Å². The molecule has 8 aromatic rings. The van der Waals surface area contributed by atoms with Gasteiger partial charge in [0.15, 0.2) is 0 Å². The van der Waals surface area contributed by atoms with Crippen LogP contribution in [0.4, 0.5) is 10.6 Å². The van der Waals surface area contributed by atoms with Crippen LogP contribution in [0.15, 0.2) is 64.0 Å². The van der Waals surface area contributed by atoms with Gasteiger partial charge in [0.1, 0.15) is 88.3 Å². The fourth-order valence-corrected chi connectivity index (χ4v) is 16.3. The lowest BCUT2D eigenvalue weighted by Gasteiger charge is -2.40. The highest BCUT2D eigenvalue weighted by atomic mass is 32.1. The van der Waals surface area contributed by atoms with Crippen molar-refractivity contribution in [2.24, 2.45) is 17.8 Å². The molecule has 1 unspecified atom stereocenters. The molecule has 10 bridgehead atoms. The summed E-state index contributed by atoms with van der Waals surface area (Å²) in [5.74, 6) is -6.16. The molecular formula is C60H61N13O13S6. The number of aliphatic hydroxyl groups is 1. The summed E-state index contributed by atoms with van der Waals surface area (Å²) in [6, 6.07) is 8.71. The number of fused-ring (bicyclic) bond motifs is 14. The average molecular weight is 1360 g/mol. The Hall–Kier alpha value is -8.37. The number of aryl methyl sites for hydroxylation is 1. The van der Waals surface area contributed by atoms with E-state index in [9.17, 15) is 53.7 Å². The number of hydrogen-bond acceptors (Lipinski definition) is 24. The summed E-state index contributed by atoms with van der Waals surface area (Å²) < 4.78 is 11.4. The second kappa shape index (κ2) is 28.2. The molecule has 32 heteroatoms. The van der Waals surface area contributed by atoms with E-state index in [0.29, 0.717) is 94.4 Å². The molecule has 4 atom stereocenters. The molecule has 480 valence electrons. The summed E-state index contributed by atoms with van der Waals surface area (Å²) in [5.41, 5.74) is 2.33. The minimum absolute atomic E-state index is 0.0119. The van der Waals surface area contributed by atoms with Crippen molar-refractivity contribution in [3.63, 3.8) is 0 Å². The summed E-state index contributed by atoms with van der Waals surface area (Å²) in [5, 5.41) is 54.2. The number of carbonyl (C=O) groups excluding carboxylic acids is 6. The number of benzene rings is 1. The third-order valence-corrected chi connectivity index (χ3v) is 21.5. The van der Waals surface area contributed by atoms with E-state index >= 15 is 0 Å². The lowest BCUT2D eigenvalue weighted by Crippen LogP contribution is -2.51. The normalized spacial score (nSPS) is 20.8. The van der Waals surface area contributed by atoms with Crippen molar-refractivity contribution >= 4 is 121 Å². The highest BCUT2D eigenvalue weighted by Gasteiger charge is 2.43. The Labute approximate surface area is 549 Å². The van der Waals surface area contributed by atoms with E-state index in [2.05, 4.69) is 26.6 Å².